The van der Waals surface area contributed by atoms with E-state index in [0.29, 0.717) is 5.56 Å². The lowest BCUT2D eigenvalue weighted by molar-refractivity contribution is -0.360. The van der Waals surface area contributed by atoms with Gasteiger partial charge in [0.1, 0.15) is 24.5 Å². The highest BCUT2D eigenvalue weighted by Crippen LogP contribution is 2.43. The molecule has 1 unspecified atom stereocenters. The number of benzene rings is 2. The van der Waals surface area contributed by atoms with Crippen molar-refractivity contribution >= 4 is 23.9 Å². The molecule has 12 heteroatoms. The zero-order chi connectivity index (χ0) is 34.7. The molecule has 2 aromatic rings. The largest absolute Gasteiger partial charge is 0.495 e. The van der Waals surface area contributed by atoms with Gasteiger partial charge in [-0.1, -0.05) is 31.2 Å². The number of carbonyl (C=O) groups excluding carboxylic acids is 4. The van der Waals surface area contributed by atoms with Crippen molar-refractivity contribution in [3.05, 3.63) is 64.2 Å². The number of rotatable bonds is 10. The summed E-state index contributed by atoms with van der Waals surface area (Å²) in [5.74, 6) is -7.44. The highest BCUT2D eigenvalue weighted by molar-refractivity contribution is 5.69. The summed E-state index contributed by atoms with van der Waals surface area (Å²) in [6.07, 6.45) is -6.47. The standard InChI is InChI=1S/C31H35NO11/c1-7-21-8-10-22(11-9-21)12-23-13-24(14-26(38-6)25(23)15-32)31(37)30(42-20(5)36)29(41-19(4)35)28(40-18(3)34)27(43-31)16-39-17(2)33/h8-11,13-14,27-30,37H,7,12,16H2,1-6H3/t27-,28-,29+,30-,31?/m1/s1/i2D,3D,4D,5D. The molecule has 1 aliphatic rings. The normalized spacial score (nSPS) is 24.1. The molecule has 0 amide bonds. The first-order valence-electron chi connectivity index (χ1n) is 15.8. The molecule has 0 bridgehead atoms. The van der Waals surface area contributed by atoms with Crippen molar-refractivity contribution in [3.63, 3.8) is 0 Å². The van der Waals surface area contributed by atoms with Gasteiger partial charge in [0, 0.05) is 38.6 Å². The van der Waals surface area contributed by atoms with Gasteiger partial charge in [-0.25, -0.2) is 0 Å². The summed E-state index contributed by atoms with van der Waals surface area (Å²) in [4.78, 5) is 49.3. The average Bonchev–Trinajstić information content (AvgIpc) is 3.09. The first-order valence-corrected chi connectivity index (χ1v) is 13.0. The minimum absolute atomic E-state index is 0.0209. The minimum atomic E-state index is -2.82. The van der Waals surface area contributed by atoms with Gasteiger partial charge in [-0.3, -0.25) is 19.2 Å². The molecule has 0 spiro atoms. The highest BCUT2D eigenvalue weighted by atomic mass is 16.7. The van der Waals surface area contributed by atoms with Gasteiger partial charge in [0.05, 0.1) is 12.7 Å². The number of aryl methyl sites for hydroxylation is 1. The quantitative estimate of drug-likeness (QED) is 0.313. The Morgan fingerprint density at radius 3 is 2.14 bits per heavy atom. The first-order chi connectivity index (χ1) is 22.5. The molecule has 1 saturated heterocycles. The van der Waals surface area contributed by atoms with E-state index >= 15 is 0 Å². The van der Waals surface area contributed by atoms with Crippen LogP contribution in [0.3, 0.4) is 0 Å². The maximum atomic E-state index is 12.6. The van der Waals surface area contributed by atoms with Gasteiger partial charge in [-0.15, -0.1) is 0 Å². The SMILES string of the molecule is [2H]CC(=O)OC[C@H]1OC(O)(c2cc(Cc3ccc(CC)cc3)c(C#N)c(OC)c2)[C@H](OC(=O)C[2H])[C@@H](OC(=O)C[2H])[C@@H]1OC(=O)C[2H]. The van der Waals surface area contributed by atoms with E-state index in [4.69, 9.17) is 33.9 Å². The van der Waals surface area contributed by atoms with Crippen LogP contribution < -0.4 is 4.74 Å². The Bertz CT molecular complexity index is 1480. The van der Waals surface area contributed by atoms with Crippen LogP contribution in [0.15, 0.2) is 36.4 Å². The number of nitriles is 1. The minimum Gasteiger partial charge on any atom is -0.495 e. The molecule has 0 radical (unpaired) electrons. The number of ether oxygens (including phenoxy) is 6. The van der Waals surface area contributed by atoms with Gasteiger partial charge < -0.3 is 33.5 Å². The molecule has 1 fully saturated rings. The van der Waals surface area contributed by atoms with E-state index in [1.807, 2.05) is 31.2 Å². The molecule has 0 saturated carbocycles. The molecule has 5 atom stereocenters. The van der Waals surface area contributed by atoms with Crippen molar-refractivity contribution < 1.29 is 58.2 Å². The zero-order valence-corrected chi connectivity index (χ0v) is 23.7. The summed E-state index contributed by atoms with van der Waals surface area (Å²) < 4.78 is 62.2. The van der Waals surface area contributed by atoms with E-state index in [-0.39, 0.29) is 23.3 Å². The van der Waals surface area contributed by atoms with Crippen molar-refractivity contribution in [3.8, 4) is 11.8 Å². The van der Waals surface area contributed by atoms with Crippen LogP contribution in [-0.2, 0) is 61.5 Å². The molecule has 230 valence electrons. The summed E-state index contributed by atoms with van der Waals surface area (Å²) in [6.45, 7) is -2.38. The number of hydrogen-bond donors (Lipinski definition) is 1. The zero-order valence-electron chi connectivity index (χ0n) is 27.7. The van der Waals surface area contributed by atoms with Crippen LogP contribution in [0.2, 0.25) is 0 Å². The summed E-state index contributed by atoms with van der Waals surface area (Å²) in [6, 6.07) is 12.2. The van der Waals surface area contributed by atoms with E-state index in [1.54, 1.807) is 0 Å². The average molecular weight is 602 g/mol. The van der Waals surface area contributed by atoms with E-state index in [9.17, 15) is 29.5 Å². The third-order valence-electron chi connectivity index (χ3n) is 6.66. The van der Waals surface area contributed by atoms with Gasteiger partial charge in [0.25, 0.3) is 0 Å². The van der Waals surface area contributed by atoms with Crippen molar-refractivity contribution in [2.75, 3.05) is 13.7 Å². The summed E-state index contributed by atoms with van der Waals surface area (Å²) in [5, 5.41) is 22.4. The van der Waals surface area contributed by atoms with Crippen LogP contribution >= 0.6 is 0 Å². The Labute approximate surface area is 255 Å². The Balaban J connectivity index is 2.28. The maximum absolute atomic E-state index is 12.6. The van der Waals surface area contributed by atoms with Crippen molar-refractivity contribution in [1.82, 2.24) is 0 Å². The lowest BCUT2D eigenvalue weighted by Crippen LogP contribution is -2.66. The molecular formula is C31H35NO11. The number of carbonyl (C=O) groups is 4. The van der Waals surface area contributed by atoms with Crippen molar-refractivity contribution in [1.29, 1.82) is 5.26 Å². The maximum Gasteiger partial charge on any atom is 0.303 e. The molecule has 2 aromatic carbocycles. The highest BCUT2D eigenvalue weighted by Gasteiger charge is 2.60. The summed E-state index contributed by atoms with van der Waals surface area (Å²) >= 11 is 0. The fourth-order valence-corrected chi connectivity index (χ4v) is 4.79. The van der Waals surface area contributed by atoms with E-state index in [1.165, 1.54) is 19.2 Å². The number of aliphatic hydroxyl groups is 1. The number of nitrogens with zero attached hydrogens (tertiary/aromatic N) is 1. The second-order valence-corrected chi connectivity index (χ2v) is 9.53. The first kappa shape index (κ1) is 27.4. The second kappa shape index (κ2) is 14.1. The Hall–Kier alpha value is -4.47. The van der Waals surface area contributed by atoms with Crippen molar-refractivity contribution in [2.45, 2.75) is 77.6 Å². The lowest BCUT2D eigenvalue weighted by atomic mass is 9.85. The third kappa shape index (κ3) is 7.88. The Morgan fingerprint density at radius 2 is 1.56 bits per heavy atom. The Morgan fingerprint density at radius 1 is 0.953 bits per heavy atom. The molecule has 1 heterocycles. The van der Waals surface area contributed by atoms with Gasteiger partial charge in [-0.05, 0) is 41.7 Å². The number of esters is 4. The van der Waals surface area contributed by atoms with Crippen LogP contribution in [0.5, 0.6) is 5.75 Å². The number of methoxy groups -OCH3 is 1. The monoisotopic (exact) mass is 601 g/mol. The molecule has 0 aliphatic carbocycles. The molecule has 1 aliphatic heterocycles. The predicted octanol–water partition coefficient (Wildman–Crippen LogP) is 2.62. The fraction of sp³-hybridized carbons (Fsp3) is 0.452. The Kier molecular flexibility index (Phi) is 8.99. The van der Waals surface area contributed by atoms with Crippen LogP contribution in [0.25, 0.3) is 0 Å². The lowest BCUT2D eigenvalue weighted by Gasteiger charge is -2.48. The third-order valence-corrected chi connectivity index (χ3v) is 6.66. The van der Waals surface area contributed by atoms with Crippen LogP contribution in [0.4, 0.5) is 0 Å². The van der Waals surface area contributed by atoms with Gasteiger partial charge in [0.2, 0.25) is 11.9 Å². The van der Waals surface area contributed by atoms with Crippen LogP contribution in [0, 0.1) is 11.3 Å². The van der Waals surface area contributed by atoms with Gasteiger partial charge in [-0.2, -0.15) is 5.26 Å². The fourth-order valence-electron chi connectivity index (χ4n) is 4.79. The van der Waals surface area contributed by atoms with E-state index in [0.717, 1.165) is 17.5 Å². The van der Waals surface area contributed by atoms with Gasteiger partial charge in [0.15, 0.2) is 12.2 Å². The molecule has 12 nitrogen and oxygen atoms in total. The molecule has 43 heavy (non-hydrogen) atoms. The van der Waals surface area contributed by atoms with E-state index < -0.39 is 88.3 Å². The molecule has 1 N–H and O–H groups in total. The summed E-state index contributed by atoms with van der Waals surface area (Å²) in [5.41, 5.74) is 2.13. The predicted molar refractivity (Wildman–Crippen MR) is 148 cm³/mol. The summed E-state index contributed by atoms with van der Waals surface area (Å²) in [7, 11) is 1.28. The van der Waals surface area contributed by atoms with E-state index in [2.05, 4.69) is 6.07 Å². The topological polar surface area (TPSA) is 168 Å². The van der Waals surface area contributed by atoms with Gasteiger partial charge >= 0.3 is 23.9 Å². The van der Waals surface area contributed by atoms with Crippen LogP contribution in [0.1, 0.15) is 67.8 Å². The molecular weight excluding hydrogens is 562 g/mol. The smallest absolute Gasteiger partial charge is 0.303 e. The van der Waals surface area contributed by atoms with Crippen molar-refractivity contribution in [2.24, 2.45) is 0 Å². The second-order valence-electron chi connectivity index (χ2n) is 9.53. The van der Waals surface area contributed by atoms with Crippen LogP contribution in [-0.4, -0.2) is 67.1 Å². The molecule has 3 rings (SSSR count). The number of hydrogen-bond acceptors (Lipinski definition) is 12. The molecule has 0 aromatic heterocycles.